The molecule has 0 fully saturated rings. The first kappa shape index (κ1) is 13.9. The van der Waals surface area contributed by atoms with Gasteiger partial charge in [-0.3, -0.25) is 0 Å². The van der Waals surface area contributed by atoms with E-state index in [1.165, 1.54) is 27.8 Å². The molecule has 2 nitrogen and oxygen atoms in total. The monoisotopic (exact) mass is 257 g/mol. The summed E-state index contributed by atoms with van der Waals surface area (Å²) in [7, 11) is 2.01. The predicted molar refractivity (Wildman–Crippen MR) is 79.6 cm³/mol. The molecule has 0 aliphatic heterocycles. The molecule has 0 aliphatic rings. The van der Waals surface area contributed by atoms with Gasteiger partial charge >= 0.3 is 0 Å². The standard InChI is InChI=1S/C17H23NO/c1-11-8-12(2)16(13(3)9-11)10-17(18-5)15-6-7-19-14(15)4/h6-9,17-18H,10H2,1-5H3. The van der Waals surface area contributed by atoms with E-state index in [1.807, 2.05) is 14.0 Å². The lowest BCUT2D eigenvalue weighted by atomic mass is 9.92. The number of benzene rings is 1. The van der Waals surface area contributed by atoms with Gasteiger partial charge in [-0.1, -0.05) is 17.7 Å². The van der Waals surface area contributed by atoms with Gasteiger partial charge in [0.2, 0.25) is 0 Å². The summed E-state index contributed by atoms with van der Waals surface area (Å²) < 4.78 is 5.42. The van der Waals surface area contributed by atoms with Crippen molar-refractivity contribution < 1.29 is 4.42 Å². The average molecular weight is 257 g/mol. The maximum absolute atomic E-state index is 5.42. The molecule has 0 radical (unpaired) electrons. The number of likely N-dealkylation sites (N-methyl/N-ethyl adjacent to an activating group) is 1. The number of furan rings is 1. The average Bonchev–Trinajstić information content (AvgIpc) is 2.75. The minimum absolute atomic E-state index is 0.304. The van der Waals surface area contributed by atoms with Crippen LogP contribution in [0.2, 0.25) is 0 Å². The highest BCUT2D eigenvalue weighted by Crippen LogP contribution is 2.26. The van der Waals surface area contributed by atoms with E-state index in [-0.39, 0.29) is 0 Å². The highest BCUT2D eigenvalue weighted by atomic mass is 16.3. The minimum Gasteiger partial charge on any atom is -0.469 e. The lowest BCUT2D eigenvalue weighted by Gasteiger charge is -2.19. The summed E-state index contributed by atoms with van der Waals surface area (Å²) in [6.45, 7) is 8.57. The lowest BCUT2D eigenvalue weighted by Crippen LogP contribution is -2.20. The Kier molecular flexibility index (Phi) is 4.11. The number of rotatable bonds is 4. The van der Waals surface area contributed by atoms with E-state index in [9.17, 15) is 0 Å². The van der Waals surface area contributed by atoms with Crippen molar-refractivity contribution >= 4 is 0 Å². The second-order valence-electron chi connectivity index (χ2n) is 5.35. The van der Waals surface area contributed by atoms with Crippen LogP contribution in [-0.2, 0) is 6.42 Å². The van der Waals surface area contributed by atoms with E-state index in [0.717, 1.165) is 12.2 Å². The van der Waals surface area contributed by atoms with Crippen molar-refractivity contribution in [2.24, 2.45) is 0 Å². The molecule has 1 heterocycles. The summed E-state index contributed by atoms with van der Waals surface area (Å²) in [5.74, 6) is 1.00. The van der Waals surface area contributed by atoms with Gasteiger partial charge in [0.1, 0.15) is 5.76 Å². The Morgan fingerprint density at radius 2 is 1.74 bits per heavy atom. The molecular weight excluding hydrogens is 234 g/mol. The molecule has 0 amide bonds. The Balaban J connectivity index is 2.32. The molecule has 2 rings (SSSR count). The second kappa shape index (κ2) is 5.62. The summed E-state index contributed by atoms with van der Waals surface area (Å²) in [4.78, 5) is 0. The molecule has 0 saturated carbocycles. The van der Waals surface area contributed by atoms with E-state index in [4.69, 9.17) is 4.42 Å². The highest BCUT2D eigenvalue weighted by molar-refractivity contribution is 5.39. The van der Waals surface area contributed by atoms with Crippen molar-refractivity contribution in [3.8, 4) is 0 Å². The zero-order valence-electron chi connectivity index (χ0n) is 12.5. The van der Waals surface area contributed by atoms with Crippen LogP contribution in [0.25, 0.3) is 0 Å². The van der Waals surface area contributed by atoms with Gasteiger partial charge in [-0.2, -0.15) is 0 Å². The van der Waals surface area contributed by atoms with Gasteiger partial charge in [-0.05, 0) is 63.9 Å². The quantitative estimate of drug-likeness (QED) is 0.895. The van der Waals surface area contributed by atoms with Gasteiger partial charge in [0.15, 0.2) is 0 Å². The van der Waals surface area contributed by atoms with Gasteiger partial charge in [-0.25, -0.2) is 0 Å². The fraction of sp³-hybridized carbons (Fsp3) is 0.412. The molecular formula is C17H23NO. The van der Waals surface area contributed by atoms with E-state index < -0.39 is 0 Å². The van der Waals surface area contributed by atoms with Crippen LogP contribution in [0.5, 0.6) is 0 Å². The smallest absolute Gasteiger partial charge is 0.105 e. The van der Waals surface area contributed by atoms with Crippen molar-refractivity contribution in [1.82, 2.24) is 5.32 Å². The molecule has 102 valence electrons. The fourth-order valence-electron chi connectivity index (χ4n) is 2.86. The summed E-state index contributed by atoms with van der Waals surface area (Å²) in [5.41, 5.74) is 6.77. The Hall–Kier alpha value is -1.54. The van der Waals surface area contributed by atoms with Crippen LogP contribution in [0.4, 0.5) is 0 Å². The van der Waals surface area contributed by atoms with E-state index >= 15 is 0 Å². The topological polar surface area (TPSA) is 25.2 Å². The third-order valence-corrected chi connectivity index (χ3v) is 3.87. The van der Waals surface area contributed by atoms with Crippen LogP contribution in [0.1, 0.15) is 39.6 Å². The van der Waals surface area contributed by atoms with Crippen molar-refractivity contribution in [3.05, 3.63) is 58.0 Å². The Labute approximate surface area is 115 Å². The maximum Gasteiger partial charge on any atom is 0.105 e. The van der Waals surface area contributed by atoms with Gasteiger partial charge in [-0.15, -0.1) is 0 Å². The Bertz CT molecular complexity index is 545. The van der Waals surface area contributed by atoms with Crippen molar-refractivity contribution in [2.75, 3.05) is 7.05 Å². The van der Waals surface area contributed by atoms with E-state index in [1.54, 1.807) is 6.26 Å². The molecule has 1 aromatic carbocycles. The molecule has 0 aliphatic carbocycles. The highest BCUT2D eigenvalue weighted by Gasteiger charge is 2.16. The Morgan fingerprint density at radius 1 is 1.11 bits per heavy atom. The van der Waals surface area contributed by atoms with Crippen LogP contribution in [0.3, 0.4) is 0 Å². The van der Waals surface area contributed by atoms with Gasteiger partial charge in [0, 0.05) is 11.6 Å². The van der Waals surface area contributed by atoms with Crippen molar-refractivity contribution in [2.45, 2.75) is 40.2 Å². The molecule has 2 aromatic rings. The summed E-state index contributed by atoms with van der Waals surface area (Å²) in [6.07, 6.45) is 2.76. The van der Waals surface area contributed by atoms with Crippen LogP contribution < -0.4 is 5.32 Å². The first-order chi connectivity index (χ1) is 9.02. The molecule has 19 heavy (non-hydrogen) atoms. The molecule has 2 heteroatoms. The van der Waals surface area contributed by atoms with Gasteiger partial charge in [0.05, 0.1) is 6.26 Å². The third-order valence-electron chi connectivity index (χ3n) is 3.87. The zero-order chi connectivity index (χ0) is 14.0. The van der Waals surface area contributed by atoms with Gasteiger partial charge in [0.25, 0.3) is 0 Å². The van der Waals surface area contributed by atoms with Crippen molar-refractivity contribution in [3.63, 3.8) is 0 Å². The SMILES string of the molecule is CNC(Cc1c(C)cc(C)cc1C)c1ccoc1C. The molecule has 0 saturated heterocycles. The molecule has 1 aromatic heterocycles. The number of hydrogen-bond acceptors (Lipinski definition) is 2. The van der Waals surface area contributed by atoms with Gasteiger partial charge < -0.3 is 9.73 Å². The fourth-order valence-corrected chi connectivity index (χ4v) is 2.86. The van der Waals surface area contributed by atoms with Crippen LogP contribution >= 0.6 is 0 Å². The maximum atomic E-state index is 5.42. The first-order valence-corrected chi connectivity index (χ1v) is 6.81. The first-order valence-electron chi connectivity index (χ1n) is 6.81. The molecule has 1 N–H and O–H groups in total. The van der Waals surface area contributed by atoms with Crippen LogP contribution in [0, 0.1) is 27.7 Å². The zero-order valence-corrected chi connectivity index (χ0v) is 12.5. The predicted octanol–water partition coefficient (Wildman–Crippen LogP) is 4.02. The van der Waals surface area contributed by atoms with Crippen LogP contribution in [-0.4, -0.2) is 7.05 Å². The normalized spacial score (nSPS) is 12.7. The molecule has 1 atom stereocenters. The second-order valence-corrected chi connectivity index (χ2v) is 5.35. The van der Waals surface area contributed by atoms with E-state index in [2.05, 4.69) is 44.3 Å². The number of aryl methyl sites for hydroxylation is 4. The van der Waals surface area contributed by atoms with E-state index in [0.29, 0.717) is 6.04 Å². The summed E-state index contributed by atoms with van der Waals surface area (Å²) in [5, 5.41) is 3.40. The third kappa shape index (κ3) is 2.90. The number of hydrogen-bond donors (Lipinski definition) is 1. The Morgan fingerprint density at radius 3 is 2.21 bits per heavy atom. The summed E-state index contributed by atoms with van der Waals surface area (Å²) in [6, 6.07) is 6.89. The van der Waals surface area contributed by atoms with Crippen LogP contribution in [0.15, 0.2) is 28.9 Å². The van der Waals surface area contributed by atoms with Crippen molar-refractivity contribution in [1.29, 1.82) is 0 Å². The molecule has 0 spiro atoms. The summed E-state index contributed by atoms with van der Waals surface area (Å²) >= 11 is 0. The number of nitrogens with one attached hydrogen (secondary N) is 1. The molecule has 0 bridgehead atoms. The lowest BCUT2D eigenvalue weighted by molar-refractivity contribution is 0.511. The molecule has 1 unspecified atom stereocenters. The minimum atomic E-state index is 0.304. The largest absolute Gasteiger partial charge is 0.469 e.